The van der Waals surface area contributed by atoms with Crippen LogP contribution in [0.1, 0.15) is 12.0 Å². The number of hydrogen-bond acceptors (Lipinski definition) is 3. The van der Waals surface area contributed by atoms with Crippen LogP contribution < -0.4 is 9.47 Å². The maximum Gasteiger partial charge on any atom is 0.174 e. The predicted octanol–water partition coefficient (Wildman–Crippen LogP) is 4.51. The first-order valence-electron chi connectivity index (χ1n) is 8.16. The topological polar surface area (TPSA) is 21.7 Å². The van der Waals surface area contributed by atoms with E-state index in [4.69, 9.17) is 9.47 Å². The lowest BCUT2D eigenvalue weighted by Gasteiger charge is -2.26. The molecule has 0 radical (unpaired) electrons. The van der Waals surface area contributed by atoms with Crippen LogP contribution in [0.3, 0.4) is 0 Å². The van der Waals surface area contributed by atoms with Crippen molar-refractivity contribution in [3.63, 3.8) is 0 Å². The van der Waals surface area contributed by atoms with Gasteiger partial charge in [0.05, 0.1) is 10.7 Å². The molecule has 3 nitrogen and oxygen atoms in total. The standard InChI is InChI=1S/C20H22INO2/c1-23-19-9-5-8-18(21)20(19)24-15-17-10-12-22(13-11-17)14-16-6-3-2-4-7-16/h2-10H,11-15H2,1H3. The van der Waals surface area contributed by atoms with Crippen LogP contribution in [0.4, 0.5) is 0 Å². The molecular formula is C20H22INO2. The molecule has 0 saturated heterocycles. The van der Waals surface area contributed by atoms with Gasteiger partial charge in [0.15, 0.2) is 11.5 Å². The van der Waals surface area contributed by atoms with Crippen LogP contribution in [-0.2, 0) is 6.54 Å². The molecule has 0 unspecified atom stereocenters. The summed E-state index contributed by atoms with van der Waals surface area (Å²) in [5, 5.41) is 0. The van der Waals surface area contributed by atoms with E-state index in [1.165, 1.54) is 11.1 Å². The summed E-state index contributed by atoms with van der Waals surface area (Å²) >= 11 is 2.29. The second-order valence-corrected chi connectivity index (χ2v) is 7.06. The fourth-order valence-electron chi connectivity index (χ4n) is 2.82. The molecule has 126 valence electrons. The Morgan fingerprint density at radius 3 is 2.62 bits per heavy atom. The third-order valence-corrected chi connectivity index (χ3v) is 5.04. The second-order valence-electron chi connectivity index (χ2n) is 5.89. The van der Waals surface area contributed by atoms with Crippen molar-refractivity contribution in [3.8, 4) is 11.5 Å². The summed E-state index contributed by atoms with van der Waals surface area (Å²) < 4.78 is 12.5. The molecule has 0 N–H and O–H groups in total. The number of benzene rings is 2. The summed E-state index contributed by atoms with van der Waals surface area (Å²) in [7, 11) is 1.68. The van der Waals surface area contributed by atoms with E-state index in [1.807, 2.05) is 18.2 Å². The van der Waals surface area contributed by atoms with Crippen LogP contribution >= 0.6 is 22.6 Å². The van der Waals surface area contributed by atoms with E-state index in [1.54, 1.807) is 7.11 Å². The largest absolute Gasteiger partial charge is 0.493 e. The number of para-hydroxylation sites is 1. The molecule has 24 heavy (non-hydrogen) atoms. The van der Waals surface area contributed by atoms with Gasteiger partial charge in [-0.1, -0.05) is 42.5 Å². The molecule has 0 amide bonds. The summed E-state index contributed by atoms with van der Waals surface area (Å²) in [4.78, 5) is 2.46. The van der Waals surface area contributed by atoms with Crippen molar-refractivity contribution >= 4 is 22.6 Å². The van der Waals surface area contributed by atoms with Crippen molar-refractivity contribution < 1.29 is 9.47 Å². The molecule has 1 aliphatic rings. The van der Waals surface area contributed by atoms with E-state index in [2.05, 4.69) is 63.9 Å². The lowest BCUT2D eigenvalue weighted by Crippen LogP contribution is -2.29. The van der Waals surface area contributed by atoms with E-state index in [9.17, 15) is 0 Å². The second kappa shape index (κ2) is 8.53. The van der Waals surface area contributed by atoms with E-state index in [0.29, 0.717) is 6.61 Å². The van der Waals surface area contributed by atoms with Gasteiger partial charge in [-0.2, -0.15) is 0 Å². The van der Waals surface area contributed by atoms with Gasteiger partial charge >= 0.3 is 0 Å². The molecule has 0 saturated carbocycles. The highest BCUT2D eigenvalue weighted by Gasteiger charge is 2.14. The Hall–Kier alpha value is -1.53. The lowest BCUT2D eigenvalue weighted by atomic mass is 10.1. The SMILES string of the molecule is COc1cccc(I)c1OCC1=CCN(Cc2ccccc2)CC1. The van der Waals surface area contributed by atoms with Gasteiger partial charge in [-0.15, -0.1) is 0 Å². The molecular weight excluding hydrogens is 413 g/mol. The number of hydrogen-bond donors (Lipinski definition) is 0. The van der Waals surface area contributed by atoms with Crippen molar-refractivity contribution in [2.45, 2.75) is 13.0 Å². The van der Waals surface area contributed by atoms with Crippen LogP contribution in [0, 0.1) is 3.57 Å². The van der Waals surface area contributed by atoms with Gasteiger partial charge in [-0.05, 0) is 52.3 Å². The van der Waals surface area contributed by atoms with Crippen LogP contribution in [0.2, 0.25) is 0 Å². The van der Waals surface area contributed by atoms with Crippen molar-refractivity contribution in [2.24, 2.45) is 0 Å². The molecule has 0 fully saturated rings. The minimum Gasteiger partial charge on any atom is -0.493 e. The summed E-state index contributed by atoms with van der Waals surface area (Å²) in [5.41, 5.74) is 2.73. The van der Waals surface area contributed by atoms with Gasteiger partial charge in [0.1, 0.15) is 6.61 Å². The van der Waals surface area contributed by atoms with E-state index < -0.39 is 0 Å². The zero-order valence-corrected chi connectivity index (χ0v) is 16.0. The maximum atomic E-state index is 6.03. The molecule has 3 rings (SSSR count). The Bertz CT molecular complexity index is 700. The average Bonchev–Trinajstić information content (AvgIpc) is 2.62. The first-order chi connectivity index (χ1) is 11.8. The lowest BCUT2D eigenvalue weighted by molar-refractivity contribution is 0.266. The highest BCUT2D eigenvalue weighted by Crippen LogP contribution is 2.32. The summed E-state index contributed by atoms with van der Waals surface area (Å²) in [6, 6.07) is 16.6. The molecule has 1 aliphatic heterocycles. The van der Waals surface area contributed by atoms with Crippen LogP contribution in [0.15, 0.2) is 60.2 Å². The Labute approximate surface area is 157 Å². The van der Waals surface area contributed by atoms with Crippen LogP contribution in [-0.4, -0.2) is 31.7 Å². The van der Waals surface area contributed by atoms with Crippen molar-refractivity contribution in [1.29, 1.82) is 0 Å². The number of rotatable bonds is 6. The molecule has 0 aliphatic carbocycles. The van der Waals surface area contributed by atoms with Crippen molar-refractivity contribution in [2.75, 3.05) is 26.8 Å². The van der Waals surface area contributed by atoms with Crippen molar-refractivity contribution in [3.05, 3.63) is 69.3 Å². The van der Waals surface area contributed by atoms with Crippen LogP contribution in [0.25, 0.3) is 0 Å². The van der Waals surface area contributed by atoms with Gasteiger partial charge in [0.25, 0.3) is 0 Å². The molecule has 0 spiro atoms. The Morgan fingerprint density at radius 2 is 1.92 bits per heavy atom. The minimum absolute atomic E-state index is 0.634. The van der Waals surface area contributed by atoms with Gasteiger partial charge in [-0.25, -0.2) is 0 Å². The van der Waals surface area contributed by atoms with Gasteiger partial charge in [-0.3, -0.25) is 4.90 Å². The zero-order valence-electron chi connectivity index (χ0n) is 13.9. The third-order valence-electron chi connectivity index (χ3n) is 4.19. The van der Waals surface area contributed by atoms with E-state index in [0.717, 1.165) is 41.1 Å². The highest BCUT2D eigenvalue weighted by molar-refractivity contribution is 14.1. The number of halogens is 1. The monoisotopic (exact) mass is 435 g/mol. The van der Waals surface area contributed by atoms with E-state index in [-0.39, 0.29) is 0 Å². The fourth-order valence-corrected chi connectivity index (χ4v) is 3.45. The smallest absolute Gasteiger partial charge is 0.174 e. The first kappa shape index (κ1) is 17.3. The Kier molecular flexibility index (Phi) is 6.15. The maximum absolute atomic E-state index is 6.03. The predicted molar refractivity (Wildman–Crippen MR) is 106 cm³/mol. The van der Waals surface area contributed by atoms with Crippen molar-refractivity contribution in [1.82, 2.24) is 4.90 Å². The zero-order chi connectivity index (χ0) is 16.8. The van der Waals surface area contributed by atoms with Gasteiger partial charge < -0.3 is 9.47 Å². The van der Waals surface area contributed by atoms with E-state index >= 15 is 0 Å². The summed E-state index contributed by atoms with van der Waals surface area (Å²) in [6.45, 7) is 3.70. The van der Waals surface area contributed by atoms with Gasteiger partial charge in [0, 0.05) is 19.6 Å². The molecule has 2 aromatic carbocycles. The molecule has 4 heteroatoms. The minimum atomic E-state index is 0.634. The molecule has 0 aromatic heterocycles. The Morgan fingerprint density at radius 1 is 1.08 bits per heavy atom. The number of ether oxygens (including phenoxy) is 2. The summed E-state index contributed by atoms with van der Waals surface area (Å²) in [5.74, 6) is 1.64. The normalized spacial score (nSPS) is 15.0. The summed E-state index contributed by atoms with van der Waals surface area (Å²) in [6.07, 6.45) is 3.35. The molecule has 1 heterocycles. The first-order valence-corrected chi connectivity index (χ1v) is 9.23. The number of methoxy groups -OCH3 is 1. The third kappa shape index (κ3) is 4.51. The average molecular weight is 435 g/mol. The van der Waals surface area contributed by atoms with Gasteiger partial charge in [0.2, 0.25) is 0 Å². The number of nitrogens with zero attached hydrogens (tertiary/aromatic N) is 1. The molecule has 0 bridgehead atoms. The fraction of sp³-hybridized carbons (Fsp3) is 0.300. The quantitative estimate of drug-likeness (QED) is 0.493. The molecule has 2 aromatic rings. The molecule has 0 atom stereocenters. The highest BCUT2D eigenvalue weighted by atomic mass is 127. The Balaban J connectivity index is 1.55. The van der Waals surface area contributed by atoms with Crippen LogP contribution in [0.5, 0.6) is 11.5 Å².